The van der Waals surface area contributed by atoms with Gasteiger partial charge in [-0.15, -0.1) is 0 Å². The summed E-state index contributed by atoms with van der Waals surface area (Å²) in [6, 6.07) is 16.0. The summed E-state index contributed by atoms with van der Waals surface area (Å²) in [6.07, 6.45) is 2.68. The Kier molecular flexibility index (Phi) is 5.01. The summed E-state index contributed by atoms with van der Waals surface area (Å²) in [5, 5.41) is 5.09. The second-order valence-corrected chi connectivity index (χ2v) is 7.49. The highest BCUT2D eigenvalue weighted by molar-refractivity contribution is 6.30. The van der Waals surface area contributed by atoms with Crippen molar-refractivity contribution in [1.82, 2.24) is 19.4 Å². The van der Waals surface area contributed by atoms with Crippen molar-refractivity contribution in [3.8, 4) is 11.4 Å². The number of halogens is 1. The Morgan fingerprint density at radius 2 is 1.80 bits per heavy atom. The molecule has 1 N–H and O–H groups in total. The van der Waals surface area contributed by atoms with Crippen LogP contribution < -0.4 is 15.7 Å². The minimum Gasteiger partial charge on any atom is -0.478 e. The van der Waals surface area contributed by atoms with Gasteiger partial charge in [-0.3, -0.25) is 15.0 Å². The molecule has 0 atom stereocenters. The van der Waals surface area contributed by atoms with E-state index in [1.54, 1.807) is 42.8 Å². The van der Waals surface area contributed by atoms with Gasteiger partial charge >= 0.3 is 0 Å². The van der Waals surface area contributed by atoms with Gasteiger partial charge < -0.3 is 4.74 Å². The van der Waals surface area contributed by atoms with Crippen molar-refractivity contribution in [1.29, 1.82) is 0 Å². The quantitative estimate of drug-likeness (QED) is 0.532. The van der Waals surface area contributed by atoms with E-state index in [4.69, 9.17) is 16.3 Å². The Bertz CT molecular complexity index is 1260. The van der Waals surface area contributed by atoms with Crippen molar-refractivity contribution in [3.05, 3.63) is 82.5 Å². The number of carbonyl (C=O) groups is 1. The van der Waals surface area contributed by atoms with Crippen molar-refractivity contribution in [2.45, 2.75) is 19.4 Å². The zero-order chi connectivity index (χ0) is 21.3. The molecule has 0 bridgehead atoms. The molecule has 8 nitrogen and oxygen atoms in total. The molecule has 152 valence electrons. The SMILES string of the molecule is CC(C)(Oc1ccc(Cl)cc1)C(=O)Nn1cnc2c(cnn2-c2ccccc2)c1=O. The van der Waals surface area contributed by atoms with Gasteiger partial charge in [0.25, 0.3) is 11.5 Å². The maximum absolute atomic E-state index is 12.8. The highest BCUT2D eigenvalue weighted by atomic mass is 35.5. The number of nitrogens with zero attached hydrogens (tertiary/aromatic N) is 4. The summed E-state index contributed by atoms with van der Waals surface area (Å²) >= 11 is 5.87. The molecular formula is C21H18ClN5O3. The molecule has 0 unspecified atom stereocenters. The lowest BCUT2D eigenvalue weighted by molar-refractivity contribution is -0.129. The molecule has 1 amide bonds. The molecule has 2 heterocycles. The summed E-state index contributed by atoms with van der Waals surface area (Å²) in [4.78, 5) is 29.9. The molecule has 0 fully saturated rings. The van der Waals surface area contributed by atoms with Crippen LogP contribution in [0.5, 0.6) is 5.75 Å². The molecule has 0 saturated heterocycles. The minimum absolute atomic E-state index is 0.276. The first-order valence-electron chi connectivity index (χ1n) is 9.12. The van der Waals surface area contributed by atoms with Crippen molar-refractivity contribution in [3.63, 3.8) is 0 Å². The molecule has 2 aromatic heterocycles. The molecule has 9 heteroatoms. The molecule has 30 heavy (non-hydrogen) atoms. The average molecular weight is 424 g/mol. The van der Waals surface area contributed by atoms with E-state index in [1.165, 1.54) is 12.5 Å². The lowest BCUT2D eigenvalue weighted by Crippen LogP contribution is -2.47. The molecule has 0 radical (unpaired) electrons. The van der Waals surface area contributed by atoms with Gasteiger partial charge in [-0.05, 0) is 50.2 Å². The van der Waals surface area contributed by atoms with Gasteiger partial charge in [0, 0.05) is 5.02 Å². The van der Waals surface area contributed by atoms with E-state index >= 15 is 0 Å². The molecule has 0 aliphatic heterocycles. The van der Waals surface area contributed by atoms with Gasteiger partial charge in [0.05, 0.1) is 11.9 Å². The number of fused-ring (bicyclic) bond motifs is 1. The normalized spacial score (nSPS) is 11.4. The third kappa shape index (κ3) is 3.77. The summed E-state index contributed by atoms with van der Waals surface area (Å²) in [5.74, 6) is -0.0410. The monoisotopic (exact) mass is 423 g/mol. The number of nitrogens with one attached hydrogen (secondary N) is 1. The molecule has 4 rings (SSSR count). The molecule has 2 aromatic carbocycles. The van der Waals surface area contributed by atoms with Gasteiger partial charge in [0.2, 0.25) is 0 Å². The Hall–Kier alpha value is -3.65. The minimum atomic E-state index is -1.25. The van der Waals surface area contributed by atoms with Crippen LogP contribution in [0.15, 0.2) is 71.9 Å². The standard InChI is InChI=1S/C21H18ClN5O3/c1-21(2,30-16-10-8-14(22)9-11-16)20(29)25-26-13-23-18-17(19(26)28)12-24-27(18)15-6-4-3-5-7-15/h3-13H,1-2H3,(H,25,29). The fourth-order valence-corrected chi connectivity index (χ4v) is 2.96. The van der Waals surface area contributed by atoms with E-state index in [0.717, 1.165) is 10.4 Å². The van der Waals surface area contributed by atoms with Crippen LogP contribution in [-0.2, 0) is 4.79 Å². The number of amides is 1. The Labute approximate surface area is 176 Å². The van der Waals surface area contributed by atoms with Crippen molar-refractivity contribution >= 4 is 28.5 Å². The van der Waals surface area contributed by atoms with Crippen LogP contribution >= 0.6 is 11.6 Å². The Morgan fingerprint density at radius 3 is 2.50 bits per heavy atom. The van der Waals surface area contributed by atoms with Gasteiger partial charge in [0.1, 0.15) is 17.5 Å². The second-order valence-electron chi connectivity index (χ2n) is 7.06. The van der Waals surface area contributed by atoms with E-state index in [-0.39, 0.29) is 5.39 Å². The van der Waals surface area contributed by atoms with Gasteiger partial charge in [-0.2, -0.15) is 5.10 Å². The molecular weight excluding hydrogens is 406 g/mol. The molecule has 4 aromatic rings. The van der Waals surface area contributed by atoms with E-state index in [1.807, 2.05) is 30.3 Å². The topological polar surface area (TPSA) is 91.0 Å². The van der Waals surface area contributed by atoms with Crippen LogP contribution in [0.2, 0.25) is 5.02 Å². The maximum Gasteiger partial charge on any atom is 0.283 e. The second kappa shape index (κ2) is 7.64. The summed E-state index contributed by atoms with van der Waals surface area (Å²) in [7, 11) is 0. The van der Waals surface area contributed by atoms with Crippen molar-refractivity contribution in [2.75, 3.05) is 5.43 Å². The van der Waals surface area contributed by atoms with Gasteiger partial charge in [0.15, 0.2) is 11.2 Å². The molecule has 0 saturated carbocycles. The zero-order valence-electron chi connectivity index (χ0n) is 16.2. The predicted molar refractivity (Wildman–Crippen MR) is 114 cm³/mol. The number of para-hydroxylation sites is 1. The van der Waals surface area contributed by atoms with E-state index in [0.29, 0.717) is 16.4 Å². The first-order chi connectivity index (χ1) is 14.3. The van der Waals surface area contributed by atoms with Crippen molar-refractivity contribution < 1.29 is 9.53 Å². The van der Waals surface area contributed by atoms with Crippen LogP contribution in [0.4, 0.5) is 0 Å². The number of hydrogen-bond acceptors (Lipinski definition) is 5. The van der Waals surface area contributed by atoms with Gasteiger partial charge in [-0.25, -0.2) is 14.3 Å². The predicted octanol–water partition coefficient (Wildman–Crippen LogP) is 3.16. The van der Waals surface area contributed by atoms with Crippen LogP contribution in [0.1, 0.15) is 13.8 Å². The number of carbonyl (C=O) groups excluding carboxylic acids is 1. The van der Waals surface area contributed by atoms with E-state index < -0.39 is 17.1 Å². The number of rotatable bonds is 5. The van der Waals surface area contributed by atoms with Gasteiger partial charge in [-0.1, -0.05) is 29.8 Å². The highest BCUT2D eigenvalue weighted by Gasteiger charge is 2.31. The third-order valence-electron chi connectivity index (χ3n) is 4.44. The van der Waals surface area contributed by atoms with Crippen LogP contribution in [0, 0.1) is 0 Å². The van der Waals surface area contributed by atoms with Crippen LogP contribution in [-0.4, -0.2) is 30.9 Å². The van der Waals surface area contributed by atoms with E-state index in [9.17, 15) is 9.59 Å². The van der Waals surface area contributed by atoms with Crippen LogP contribution in [0.3, 0.4) is 0 Å². The summed E-state index contributed by atoms with van der Waals surface area (Å²) in [5.41, 5.74) is 2.01. The average Bonchev–Trinajstić information content (AvgIpc) is 3.17. The van der Waals surface area contributed by atoms with Crippen molar-refractivity contribution in [2.24, 2.45) is 0 Å². The fraction of sp³-hybridized carbons (Fsp3) is 0.143. The Morgan fingerprint density at radius 1 is 1.10 bits per heavy atom. The van der Waals surface area contributed by atoms with Crippen LogP contribution in [0.25, 0.3) is 16.7 Å². The number of aromatic nitrogens is 4. The third-order valence-corrected chi connectivity index (χ3v) is 4.70. The number of benzene rings is 2. The fourth-order valence-electron chi connectivity index (χ4n) is 2.84. The number of ether oxygens (including phenoxy) is 1. The Balaban J connectivity index is 1.59. The first-order valence-corrected chi connectivity index (χ1v) is 9.50. The maximum atomic E-state index is 12.8. The molecule has 0 aliphatic carbocycles. The largest absolute Gasteiger partial charge is 0.478 e. The first kappa shape index (κ1) is 19.7. The molecule has 0 spiro atoms. The highest BCUT2D eigenvalue weighted by Crippen LogP contribution is 2.21. The lowest BCUT2D eigenvalue weighted by atomic mass is 10.1. The van der Waals surface area contributed by atoms with E-state index in [2.05, 4.69) is 15.5 Å². The summed E-state index contributed by atoms with van der Waals surface area (Å²) in [6.45, 7) is 3.20. The zero-order valence-corrected chi connectivity index (χ0v) is 17.0. The lowest BCUT2D eigenvalue weighted by Gasteiger charge is -2.25. The number of hydrogen-bond donors (Lipinski definition) is 1. The summed E-state index contributed by atoms with van der Waals surface area (Å²) < 4.78 is 8.35. The smallest absolute Gasteiger partial charge is 0.283 e. The molecule has 0 aliphatic rings.